The molecule has 1 fully saturated rings. The van der Waals surface area contributed by atoms with Crippen LogP contribution < -0.4 is 10.6 Å². The van der Waals surface area contributed by atoms with Crippen LogP contribution in [0.15, 0.2) is 0 Å². The van der Waals surface area contributed by atoms with Crippen molar-refractivity contribution in [3.63, 3.8) is 0 Å². The van der Waals surface area contributed by atoms with E-state index in [-0.39, 0.29) is 12.4 Å². The molecule has 1 aromatic heterocycles. The van der Waals surface area contributed by atoms with Crippen molar-refractivity contribution >= 4 is 29.7 Å². The Balaban J connectivity index is 0.00000288. The average Bonchev–Trinajstić information content (AvgIpc) is 2.88. The number of amides is 1. The average molecular weight is 387 g/mol. The molecule has 1 aromatic rings. The number of alkyl halides is 3. The Morgan fingerprint density at radius 1 is 1.42 bits per heavy atom. The predicted molar refractivity (Wildman–Crippen MR) is 90.1 cm³/mol. The maximum Gasteiger partial charge on any atom is 0.405 e. The first kappa shape index (κ1) is 21.1. The van der Waals surface area contributed by atoms with Crippen LogP contribution in [0.5, 0.6) is 0 Å². The van der Waals surface area contributed by atoms with Gasteiger partial charge in [0.1, 0.15) is 10.9 Å². The largest absolute Gasteiger partial charge is 0.405 e. The molecule has 1 atom stereocenters. The first-order valence-corrected chi connectivity index (χ1v) is 8.40. The van der Waals surface area contributed by atoms with Gasteiger partial charge in [-0.05, 0) is 13.3 Å². The third-order valence-corrected chi connectivity index (χ3v) is 5.08. The van der Waals surface area contributed by atoms with E-state index < -0.39 is 24.7 Å². The van der Waals surface area contributed by atoms with Crippen LogP contribution in [0.3, 0.4) is 0 Å². The third kappa shape index (κ3) is 5.30. The first-order chi connectivity index (χ1) is 10.8. The van der Waals surface area contributed by atoms with E-state index in [1.54, 1.807) is 6.92 Å². The molecule has 1 aliphatic rings. The quantitative estimate of drug-likeness (QED) is 0.812. The molecule has 2 heterocycles. The smallest absolute Gasteiger partial charge is 0.349 e. The number of nitrogens with one attached hydrogen (secondary N) is 2. The number of thiazole rings is 1. The van der Waals surface area contributed by atoms with Gasteiger partial charge in [-0.3, -0.25) is 9.69 Å². The number of carbonyl (C=O) groups is 1. The highest BCUT2D eigenvalue weighted by Crippen LogP contribution is 2.25. The number of aryl methyl sites for hydroxylation is 2. The van der Waals surface area contributed by atoms with Gasteiger partial charge in [-0.1, -0.05) is 6.92 Å². The Morgan fingerprint density at radius 3 is 2.54 bits per heavy atom. The van der Waals surface area contributed by atoms with Crippen molar-refractivity contribution in [2.75, 3.05) is 32.7 Å². The van der Waals surface area contributed by atoms with Gasteiger partial charge in [-0.2, -0.15) is 13.2 Å². The van der Waals surface area contributed by atoms with Gasteiger partial charge in [-0.15, -0.1) is 23.7 Å². The lowest BCUT2D eigenvalue weighted by Crippen LogP contribution is -2.57. The van der Waals surface area contributed by atoms with Gasteiger partial charge in [0, 0.05) is 32.7 Å². The summed E-state index contributed by atoms with van der Waals surface area (Å²) in [6.07, 6.45) is -3.67. The van der Waals surface area contributed by atoms with E-state index >= 15 is 0 Å². The molecular formula is C14H22ClF3N4OS. The molecule has 1 saturated heterocycles. The maximum absolute atomic E-state index is 13.3. The minimum absolute atomic E-state index is 0. The second-order valence-electron chi connectivity index (χ2n) is 5.43. The number of carbonyl (C=O) groups excluding carboxylic acids is 1. The van der Waals surface area contributed by atoms with Gasteiger partial charge in [-0.25, -0.2) is 4.98 Å². The van der Waals surface area contributed by atoms with Crippen molar-refractivity contribution in [1.29, 1.82) is 0 Å². The fraction of sp³-hybridized carbons (Fsp3) is 0.714. The predicted octanol–water partition coefficient (Wildman–Crippen LogP) is 2.00. The highest BCUT2D eigenvalue weighted by molar-refractivity contribution is 7.13. The van der Waals surface area contributed by atoms with E-state index in [1.807, 2.05) is 6.92 Å². The van der Waals surface area contributed by atoms with Crippen molar-refractivity contribution in [2.45, 2.75) is 32.5 Å². The lowest BCUT2D eigenvalue weighted by molar-refractivity contribution is -0.183. The van der Waals surface area contributed by atoms with Crippen molar-refractivity contribution in [1.82, 2.24) is 20.5 Å². The van der Waals surface area contributed by atoms with Crippen LogP contribution in [0.25, 0.3) is 0 Å². The Kier molecular flexibility index (Phi) is 7.91. The zero-order chi connectivity index (χ0) is 17.0. The summed E-state index contributed by atoms with van der Waals surface area (Å²) in [6, 6.07) is -1.66. The van der Waals surface area contributed by atoms with Crippen LogP contribution in [0.1, 0.15) is 27.3 Å². The molecule has 5 nitrogen and oxygen atoms in total. The maximum atomic E-state index is 13.3. The highest BCUT2D eigenvalue weighted by atomic mass is 35.5. The van der Waals surface area contributed by atoms with Gasteiger partial charge >= 0.3 is 6.18 Å². The highest BCUT2D eigenvalue weighted by Gasteiger charge is 2.43. The fourth-order valence-electron chi connectivity index (χ4n) is 2.53. The zero-order valence-corrected chi connectivity index (χ0v) is 15.2. The minimum atomic E-state index is -4.37. The molecule has 1 aliphatic heterocycles. The molecule has 2 N–H and O–H groups in total. The first-order valence-electron chi connectivity index (χ1n) is 7.59. The summed E-state index contributed by atoms with van der Waals surface area (Å²) >= 11 is 1.23. The van der Waals surface area contributed by atoms with Crippen molar-refractivity contribution in [3.05, 3.63) is 15.6 Å². The Hall–Kier alpha value is -0.900. The van der Waals surface area contributed by atoms with Gasteiger partial charge in [0.2, 0.25) is 0 Å². The summed E-state index contributed by atoms with van der Waals surface area (Å²) in [5, 5.41) is 6.26. The molecular weight excluding hydrogens is 365 g/mol. The molecule has 0 bridgehead atoms. The third-order valence-electron chi connectivity index (χ3n) is 3.78. The summed E-state index contributed by atoms with van der Waals surface area (Å²) in [5.41, 5.74) is 0.565. The number of hydrogen-bond acceptors (Lipinski definition) is 5. The molecule has 0 saturated carbocycles. The second kappa shape index (κ2) is 8.98. The Bertz CT molecular complexity index is 547. The molecule has 2 rings (SSSR count). The van der Waals surface area contributed by atoms with E-state index in [1.165, 1.54) is 16.2 Å². The number of hydrogen-bond donors (Lipinski definition) is 2. The van der Waals surface area contributed by atoms with Crippen molar-refractivity contribution in [2.24, 2.45) is 0 Å². The van der Waals surface area contributed by atoms with Crippen LogP contribution in [0.4, 0.5) is 13.2 Å². The summed E-state index contributed by atoms with van der Waals surface area (Å²) in [7, 11) is 0. The van der Waals surface area contributed by atoms with Crippen molar-refractivity contribution in [3.8, 4) is 0 Å². The monoisotopic (exact) mass is 386 g/mol. The van der Waals surface area contributed by atoms with Crippen LogP contribution in [-0.4, -0.2) is 60.7 Å². The SMILES string of the molecule is CCc1nc(C)c(C(=O)NCC(N2CCNCC2)C(F)(F)F)s1.Cl. The van der Waals surface area contributed by atoms with Crippen LogP contribution in [0, 0.1) is 6.92 Å². The van der Waals surface area contributed by atoms with Crippen molar-refractivity contribution < 1.29 is 18.0 Å². The number of piperazine rings is 1. The van der Waals surface area contributed by atoms with Crippen LogP contribution in [-0.2, 0) is 6.42 Å². The topological polar surface area (TPSA) is 57.3 Å². The molecule has 0 spiro atoms. The lowest BCUT2D eigenvalue weighted by atomic mass is 10.2. The summed E-state index contributed by atoms with van der Waals surface area (Å²) < 4.78 is 39.8. The zero-order valence-electron chi connectivity index (χ0n) is 13.6. The van der Waals surface area contributed by atoms with E-state index in [9.17, 15) is 18.0 Å². The van der Waals surface area contributed by atoms with Gasteiger partial charge in [0.15, 0.2) is 0 Å². The summed E-state index contributed by atoms with van der Waals surface area (Å²) in [4.78, 5) is 18.2. The van der Waals surface area contributed by atoms with E-state index in [2.05, 4.69) is 15.6 Å². The van der Waals surface area contributed by atoms with Gasteiger partial charge < -0.3 is 10.6 Å². The molecule has 1 amide bonds. The molecule has 24 heavy (non-hydrogen) atoms. The van der Waals surface area contributed by atoms with Gasteiger partial charge in [0.25, 0.3) is 5.91 Å². The molecule has 138 valence electrons. The lowest BCUT2D eigenvalue weighted by Gasteiger charge is -2.35. The molecule has 1 unspecified atom stereocenters. The molecule has 0 aliphatic carbocycles. The summed E-state index contributed by atoms with van der Waals surface area (Å²) in [5.74, 6) is -0.482. The van der Waals surface area contributed by atoms with E-state index in [4.69, 9.17) is 0 Å². The Morgan fingerprint density at radius 2 is 2.04 bits per heavy atom. The number of halogens is 4. The second-order valence-corrected chi connectivity index (χ2v) is 6.51. The number of aromatic nitrogens is 1. The van der Waals surface area contributed by atoms with E-state index in [0.29, 0.717) is 43.2 Å². The normalized spacial score (nSPS) is 17.2. The molecule has 10 heteroatoms. The van der Waals surface area contributed by atoms with Crippen LogP contribution >= 0.6 is 23.7 Å². The number of nitrogens with zero attached hydrogens (tertiary/aromatic N) is 2. The van der Waals surface area contributed by atoms with E-state index in [0.717, 1.165) is 5.01 Å². The van der Waals surface area contributed by atoms with Gasteiger partial charge in [0.05, 0.1) is 10.7 Å². The molecule has 0 aromatic carbocycles. The standard InChI is InChI=1S/C14H21F3N4OS.ClH/c1-3-11-20-9(2)12(23-11)13(22)19-8-10(14(15,16)17)21-6-4-18-5-7-21;/h10,18H,3-8H2,1-2H3,(H,19,22);1H. The summed E-state index contributed by atoms with van der Waals surface area (Å²) in [6.45, 7) is 4.86. The Labute approximate surface area is 149 Å². The van der Waals surface area contributed by atoms with Crippen LogP contribution in [0.2, 0.25) is 0 Å². The minimum Gasteiger partial charge on any atom is -0.349 e. The molecule has 0 radical (unpaired) electrons. The fourth-order valence-corrected chi connectivity index (χ4v) is 3.45. The number of rotatable bonds is 5.